The van der Waals surface area contributed by atoms with Crippen LogP contribution >= 0.6 is 0 Å². The first-order valence-corrected chi connectivity index (χ1v) is 11.9. The molecule has 0 spiro atoms. The van der Waals surface area contributed by atoms with Crippen LogP contribution in [0.15, 0.2) is 89.3 Å². The standard InChI is InChI=1S/C31H23N3O/c1-18-32-29(19-10-5-4-6-11-19)34-30(33-18)24-14-9-13-22-23-17-16-21-20-12-7-8-15-25(20)31(2,3)26(21)28(23)35-27(22)24/h4-17H,1-3H3. The van der Waals surface area contributed by atoms with Gasteiger partial charge in [-0.2, -0.15) is 0 Å². The fraction of sp³-hybridized carbons (Fsp3) is 0.129. The van der Waals surface area contributed by atoms with Gasteiger partial charge in [0.2, 0.25) is 0 Å². The molecule has 0 unspecified atom stereocenters. The van der Waals surface area contributed by atoms with Crippen molar-refractivity contribution in [1.29, 1.82) is 0 Å². The van der Waals surface area contributed by atoms with Crippen LogP contribution in [0.4, 0.5) is 0 Å². The second-order valence-electron chi connectivity index (χ2n) is 9.72. The zero-order valence-electron chi connectivity index (χ0n) is 19.8. The van der Waals surface area contributed by atoms with E-state index in [1.54, 1.807) is 0 Å². The molecule has 0 atom stereocenters. The Morgan fingerprint density at radius 3 is 2.17 bits per heavy atom. The van der Waals surface area contributed by atoms with Crippen molar-refractivity contribution in [2.24, 2.45) is 0 Å². The van der Waals surface area contributed by atoms with E-state index in [-0.39, 0.29) is 5.41 Å². The number of hydrogen-bond acceptors (Lipinski definition) is 4. The van der Waals surface area contributed by atoms with Gasteiger partial charge in [-0.15, -0.1) is 0 Å². The van der Waals surface area contributed by atoms with Crippen LogP contribution in [0.2, 0.25) is 0 Å². The highest BCUT2D eigenvalue weighted by Gasteiger charge is 2.38. The molecule has 0 aliphatic heterocycles. The van der Waals surface area contributed by atoms with E-state index in [1.165, 1.54) is 22.3 Å². The third kappa shape index (κ3) is 2.83. The molecule has 0 bridgehead atoms. The van der Waals surface area contributed by atoms with E-state index in [1.807, 2.05) is 43.3 Å². The number of aromatic nitrogens is 3. The molecule has 7 rings (SSSR count). The Hall–Kier alpha value is -4.31. The molecule has 0 saturated heterocycles. The Bertz CT molecular complexity index is 1780. The van der Waals surface area contributed by atoms with Crippen LogP contribution in [0.1, 0.15) is 30.8 Å². The molecule has 6 aromatic rings. The van der Waals surface area contributed by atoms with Gasteiger partial charge in [-0.05, 0) is 35.7 Å². The predicted octanol–water partition coefficient (Wildman–Crippen LogP) is 7.72. The van der Waals surface area contributed by atoms with E-state index in [0.29, 0.717) is 17.5 Å². The van der Waals surface area contributed by atoms with Crippen molar-refractivity contribution in [3.63, 3.8) is 0 Å². The maximum atomic E-state index is 6.73. The minimum absolute atomic E-state index is 0.149. The van der Waals surface area contributed by atoms with Gasteiger partial charge in [0.25, 0.3) is 0 Å². The SMILES string of the molecule is Cc1nc(-c2ccccc2)nc(-c2cccc3c2oc2c4c(ccc23)-c2ccccc2C4(C)C)n1. The van der Waals surface area contributed by atoms with Gasteiger partial charge in [0, 0.05) is 27.3 Å². The normalized spacial score (nSPS) is 13.8. The lowest BCUT2D eigenvalue weighted by Gasteiger charge is -2.21. The van der Waals surface area contributed by atoms with Gasteiger partial charge in [0.15, 0.2) is 11.6 Å². The van der Waals surface area contributed by atoms with Crippen molar-refractivity contribution in [1.82, 2.24) is 15.0 Å². The first-order chi connectivity index (χ1) is 17.0. The van der Waals surface area contributed by atoms with Crippen molar-refractivity contribution in [3.05, 3.63) is 102 Å². The molecule has 1 aliphatic rings. The number of aryl methyl sites for hydroxylation is 1. The van der Waals surface area contributed by atoms with E-state index in [4.69, 9.17) is 14.4 Å². The quantitative estimate of drug-likeness (QED) is 0.269. The molecule has 0 radical (unpaired) electrons. The largest absolute Gasteiger partial charge is 0.455 e. The highest BCUT2D eigenvalue weighted by Crippen LogP contribution is 2.52. The summed E-state index contributed by atoms with van der Waals surface area (Å²) in [7, 11) is 0. The van der Waals surface area contributed by atoms with Crippen LogP contribution in [0.5, 0.6) is 0 Å². The van der Waals surface area contributed by atoms with Gasteiger partial charge in [0.1, 0.15) is 17.0 Å². The predicted molar refractivity (Wildman–Crippen MR) is 140 cm³/mol. The molecule has 4 nitrogen and oxygen atoms in total. The first-order valence-electron chi connectivity index (χ1n) is 11.9. The Kier molecular flexibility index (Phi) is 4.07. The van der Waals surface area contributed by atoms with Gasteiger partial charge in [-0.1, -0.05) is 86.6 Å². The molecule has 1 aliphatic carbocycles. The number of nitrogens with zero attached hydrogens (tertiary/aromatic N) is 3. The fourth-order valence-corrected chi connectivity index (χ4v) is 5.60. The number of furan rings is 1. The number of benzene rings is 4. The summed E-state index contributed by atoms with van der Waals surface area (Å²) in [6.07, 6.45) is 0. The summed E-state index contributed by atoms with van der Waals surface area (Å²) in [6, 6.07) is 29.3. The monoisotopic (exact) mass is 453 g/mol. The average Bonchev–Trinajstić information content (AvgIpc) is 3.37. The van der Waals surface area contributed by atoms with E-state index < -0.39 is 0 Å². The number of fused-ring (bicyclic) bond motifs is 7. The molecule has 0 amide bonds. The van der Waals surface area contributed by atoms with E-state index in [2.05, 4.69) is 67.4 Å². The Balaban J connectivity index is 1.50. The minimum Gasteiger partial charge on any atom is -0.455 e. The minimum atomic E-state index is -0.149. The van der Waals surface area contributed by atoms with Gasteiger partial charge in [-0.25, -0.2) is 15.0 Å². The molecule has 0 fully saturated rings. The fourth-order valence-electron chi connectivity index (χ4n) is 5.60. The van der Waals surface area contributed by atoms with Crippen LogP contribution in [0, 0.1) is 6.92 Å². The first kappa shape index (κ1) is 20.1. The van der Waals surface area contributed by atoms with Gasteiger partial charge in [-0.3, -0.25) is 0 Å². The molecule has 0 N–H and O–H groups in total. The summed E-state index contributed by atoms with van der Waals surface area (Å²) >= 11 is 0. The van der Waals surface area contributed by atoms with Crippen LogP contribution in [0.25, 0.3) is 55.8 Å². The lowest BCUT2D eigenvalue weighted by Crippen LogP contribution is -2.15. The van der Waals surface area contributed by atoms with Crippen molar-refractivity contribution in [2.45, 2.75) is 26.2 Å². The topological polar surface area (TPSA) is 51.8 Å². The summed E-state index contributed by atoms with van der Waals surface area (Å²) in [6.45, 7) is 6.47. The molecule has 0 saturated carbocycles. The van der Waals surface area contributed by atoms with Crippen LogP contribution < -0.4 is 0 Å². The van der Waals surface area contributed by atoms with Crippen molar-refractivity contribution in [2.75, 3.05) is 0 Å². The molecule has 2 heterocycles. The molecule has 4 heteroatoms. The Labute approximate surface area is 203 Å². The second-order valence-corrected chi connectivity index (χ2v) is 9.72. The lowest BCUT2D eigenvalue weighted by atomic mass is 9.82. The highest BCUT2D eigenvalue weighted by atomic mass is 16.3. The van der Waals surface area contributed by atoms with Crippen LogP contribution in [-0.2, 0) is 5.41 Å². The third-order valence-corrected chi connectivity index (χ3v) is 7.20. The molecule has 4 aromatic carbocycles. The van der Waals surface area contributed by atoms with Gasteiger partial charge in [0.05, 0.1) is 5.56 Å². The zero-order chi connectivity index (χ0) is 23.7. The Morgan fingerprint density at radius 2 is 1.31 bits per heavy atom. The smallest absolute Gasteiger partial charge is 0.167 e. The molecule has 2 aromatic heterocycles. The lowest BCUT2D eigenvalue weighted by molar-refractivity contribution is 0.620. The number of hydrogen-bond donors (Lipinski definition) is 0. The summed E-state index contributed by atoms with van der Waals surface area (Å²) in [4.78, 5) is 14.1. The zero-order valence-corrected chi connectivity index (χ0v) is 19.8. The Morgan fingerprint density at radius 1 is 0.600 bits per heavy atom. The number of para-hydroxylation sites is 1. The molecular weight excluding hydrogens is 430 g/mol. The number of rotatable bonds is 2. The molecule has 168 valence electrons. The van der Waals surface area contributed by atoms with Crippen LogP contribution in [-0.4, -0.2) is 15.0 Å². The molecule has 35 heavy (non-hydrogen) atoms. The van der Waals surface area contributed by atoms with Crippen molar-refractivity contribution < 1.29 is 4.42 Å². The average molecular weight is 454 g/mol. The summed E-state index contributed by atoms with van der Waals surface area (Å²) in [5.74, 6) is 1.97. The third-order valence-electron chi connectivity index (χ3n) is 7.20. The summed E-state index contributed by atoms with van der Waals surface area (Å²) in [5.41, 5.74) is 8.57. The highest BCUT2D eigenvalue weighted by molar-refractivity contribution is 6.12. The molecular formula is C31H23N3O. The van der Waals surface area contributed by atoms with Gasteiger partial charge >= 0.3 is 0 Å². The van der Waals surface area contributed by atoms with Gasteiger partial charge < -0.3 is 4.42 Å². The second kappa shape index (κ2) is 7.09. The maximum Gasteiger partial charge on any atom is 0.167 e. The van der Waals surface area contributed by atoms with Crippen molar-refractivity contribution >= 4 is 21.9 Å². The van der Waals surface area contributed by atoms with Crippen LogP contribution in [0.3, 0.4) is 0 Å². The van der Waals surface area contributed by atoms with Crippen molar-refractivity contribution in [3.8, 4) is 33.9 Å². The van der Waals surface area contributed by atoms with E-state index in [9.17, 15) is 0 Å². The maximum absolute atomic E-state index is 6.73. The summed E-state index contributed by atoms with van der Waals surface area (Å²) < 4.78 is 6.73. The van der Waals surface area contributed by atoms with E-state index in [0.717, 1.165) is 33.1 Å². The summed E-state index contributed by atoms with van der Waals surface area (Å²) in [5, 5.41) is 2.20. The van der Waals surface area contributed by atoms with E-state index >= 15 is 0 Å².